The summed E-state index contributed by atoms with van der Waals surface area (Å²) in [6.07, 6.45) is 11.7. The Labute approximate surface area is 157 Å². The van der Waals surface area contributed by atoms with Crippen molar-refractivity contribution in [1.29, 1.82) is 0 Å². The van der Waals surface area contributed by atoms with Gasteiger partial charge >= 0.3 is 6.09 Å². The molecule has 0 bridgehead atoms. The van der Waals surface area contributed by atoms with Gasteiger partial charge in [0.1, 0.15) is 6.10 Å². The minimum atomic E-state index is -0.545. The molecule has 0 aliphatic heterocycles. The molecule has 1 N–H and O–H groups in total. The number of carbonyl (C=O) groups is 2. The van der Waals surface area contributed by atoms with Crippen LogP contribution in [-0.4, -0.2) is 18.0 Å². The zero-order chi connectivity index (χ0) is 19.0. The average molecular weight is 357 g/mol. The van der Waals surface area contributed by atoms with Gasteiger partial charge in [0.25, 0.3) is 0 Å². The number of ether oxygens (including phenoxy) is 1. The first-order valence-electron chi connectivity index (χ1n) is 9.50. The van der Waals surface area contributed by atoms with E-state index in [2.05, 4.69) is 18.8 Å². The Hall–Kier alpha value is -2.36. The van der Waals surface area contributed by atoms with Crippen LogP contribution >= 0.6 is 0 Å². The van der Waals surface area contributed by atoms with Gasteiger partial charge in [0.05, 0.1) is 0 Å². The molecule has 142 valence electrons. The van der Waals surface area contributed by atoms with Crippen LogP contribution in [0.15, 0.2) is 55.1 Å². The normalized spacial score (nSPS) is 11.9. The molecule has 0 spiro atoms. The second-order valence-corrected chi connectivity index (χ2v) is 6.30. The van der Waals surface area contributed by atoms with Gasteiger partial charge in [0.2, 0.25) is 0 Å². The summed E-state index contributed by atoms with van der Waals surface area (Å²) in [7, 11) is 0. The van der Waals surface area contributed by atoms with Crippen molar-refractivity contribution >= 4 is 17.6 Å². The number of amides is 1. The van der Waals surface area contributed by atoms with Gasteiger partial charge in [-0.2, -0.15) is 0 Å². The third-order valence-corrected chi connectivity index (χ3v) is 3.95. The average Bonchev–Trinajstić information content (AvgIpc) is 2.63. The van der Waals surface area contributed by atoms with Crippen LogP contribution in [0.25, 0.3) is 0 Å². The van der Waals surface area contributed by atoms with Crippen molar-refractivity contribution in [2.24, 2.45) is 0 Å². The topological polar surface area (TPSA) is 55.4 Å². The predicted octanol–water partition coefficient (Wildman–Crippen LogP) is 6.06. The standard InChI is InChI=1S/C22H31NO3/c1-3-5-6-7-8-12-16-20(24)17-18-21(13-4-2)26-22(25)23-19-14-10-9-11-15-19/h4,9-11,14-15,17-18,21H,2-3,5-8,12-13,16H2,1H3,(H,23,25). The van der Waals surface area contributed by atoms with Crippen molar-refractivity contribution < 1.29 is 14.3 Å². The number of hydrogen-bond acceptors (Lipinski definition) is 3. The highest BCUT2D eigenvalue weighted by Crippen LogP contribution is 2.10. The molecule has 1 aromatic rings. The maximum Gasteiger partial charge on any atom is 0.412 e. The Morgan fingerprint density at radius 2 is 1.81 bits per heavy atom. The molecule has 1 atom stereocenters. The van der Waals surface area contributed by atoms with Gasteiger partial charge in [-0.1, -0.05) is 63.3 Å². The molecule has 0 radical (unpaired) electrons. The molecule has 0 heterocycles. The Balaban J connectivity index is 2.36. The van der Waals surface area contributed by atoms with Crippen molar-refractivity contribution in [3.05, 3.63) is 55.1 Å². The number of carbonyl (C=O) groups excluding carboxylic acids is 2. The number of para-hydroxylation sites is 1. The summed E-state index contributed by atoms with van der Waals surface area (Å²) in [4.78, 5) is 23.9. The number of unbranched alkanes of at least 4 members (excludes halogenated alkanes) is 5. The first-order chi connectivity index (χ1) is 12.7. The van der Waals surface area contributed by atoms with E-state index < -0.39 is 12.2 Å². The van der Waals surface area contributed by atoms with Crippen LogP contribution in [0.3, 0.4) is 0 Å². The number of allylic oxidation sites excluding steroid dienone is 1. The zero-order valence-electron chi connectivity index (χ0n) is 15.8. The molecule has 1 rings (SSSR count). The monoisotopic (exact) mass is 357 g/mol. The molecule has 4 heteroatoms. The molecule has 26 heavy (non-hydrogen) atoms. The second kappa shape index (κ2) is 13.9. The molecule has 1 aromatic carbocycles. The predicted molar refractivity (Wildman–Crippen MR) is 107 cm³/mol. The van der Waals surface area contributed by atoms with E-state index in [1.807, 2.05) is 18.2 Å². The highest BCUT2D eigenvalue weighted by Gasteiger charge is 2.11. The van der Waals surface area contributed by atoms with Crippen molar-refractivity contribution in [3.8, 4) is 0 Å². The number of anilines is 1. The first kappa shape index (κ1) is 21.7. The largest absolute Gasteiger partial charge is 0.441 e. The van der Waals surface area contributed by atoms with E-state index in [0.29, 0.717) is 18.5 Å². The van der Waals surface area contributed by atoms with Crippen molar-refractivity contribution in [3.63, 3.8) is 0 Å². The van der Waals surface area contributed by atoms with Gasteiger partial charge in [-0.3, -0.25) is 10.1 Å². The molecule has 0 fully saturated rings. The fourth-order valence-corrected chi connectivity index (χ4v) is 2.51. The molecule has 0 aromatic heterocycles. The highest BCUT2D eigenvalue weighted by atomic mass is 16.6. The van der Waals surface area contributed by atoms with Gasteiger partial charge in [-0.15, -0.1) is 6.58 Å². The summed E-state index contributed by atoms with van der Waals surface area (Å²) in [6.45, 7) is 5.86. The summed E-state index contributed by atoms with van der Waals surface area (Å²) in [5.41, 5.74) is 0.665. The van der Waals surface area contributed by atoms with Crippen LogP contribution < -0.4 is 5.32 Å². The van der Waals surface area contributed by atoms with Crippen LogP contribution in [0.5, 0.6) is 0 Å². The van der Waals surface area contributed by atoms with E-state index in [9.17, 15) is 9.59 Å². The number of benzene rings is 1. The maximum atomic E-state index is 12.0. The van der Waals surface area contributed by atoms with Gasteiger partial charge in [0.15, 0.2) is 5.78 Å². The van der Waals surface area contributed by atoms with Crippen molar-refractivity contribution in [2.75, 3.05) is 5.32 Å². The maximum absolute atomic E-state index is 12.0. The number of nitrogens with one attached hydrogen (secondary N) is 1. The fraction of sp³-hybridized carbons (Fsp3) is 0.455. The smallest absolute Gasteiger partial charge is 0.412 e. The highest BCUT2D eigenvalue weighted by molar-refractivity contribution is 5.89. The molecular formula is C22H31NO3. The lowest BCUT2D eigenvalue weighted by Crippen LogP contribution is -2.20. The summed E-state index contributed by atoms with van der Waals surface area (Å²) < 4.78 is 5.35. The Morgan fingerprint density at radius 3 is 2.50 bits per heavy atom. The SMILES string of the molecule is C=CCC(C=CC(=O)CCCCCCCC)OC(=O)Nc1ccccc1. The molecule has 1 amide bonds. The Bertz CT molecular complexity index is 566. The van der Waals surface area contributed by atoms with E-state index in [4.69, 9.17) is 4.74 Å². The van der Waals surface area contributed by atoms with Gasteiger partial charge < -0.3 is 4.74 Å². The van der Waals surface area contributed by atoms with Crippen molar-refractivity contribution in [2.45, 2.75) is 64.4 Å². The summed E-state index contributed by atoms with van der Waals surface area (Å²) in [5.74, 6) is 0.0709. The molecular weight excluding hydrogens is 326 g/mol. The van der Waals surface area contributed by atoms with E-state index in [1.54, 1.807) is 24.3 Å². The van der Waals surface area contributed by atoms with Gasteiger partial charge in [0, 0.05) is 18.5 Å². The summed E-state index contributed by atoms with van der Waals surface area (Å²) in [6, 6.07) is 9.10. The molecule has 0 aliphatic rings. The lowest BCUT2D eigenvalue weighted by molar-refractivity contribution is -0.114. The van der Waals surface area contributed by atoms with Crippen LogP contribution in [0.4, 0.5) is 10.5 Å². The third kappa shape index (κ3) is 10.5. The molecule has 0 saturated heterocycles. The third-order valence-electron chi connectivity index (χ3n) is 3.95. The van der Waals surface area contributed by atoms with Gasteiger partial charge in [-0.25, -0.2) is 4.79 Å². The fourth-order valence-electron chi connectivity index (χ4n) is 2.51. The lowest BCUT2D eigenvalue weighted by Gasteiger charge is -2.13. The van der Waals surface area contributed by atoms with Crippen LogP contribution in [0.1, 0.15) is 58.3 Å². The minimum absolute atomic E-state index is 0.0709. The number of rotatable bonds is 13. The van der Waals surface area contributed by atoms with Crippen LogP contribution in [0, 0.1) is 0 Å². The number of ketones is 1. The number of hydrogen-bond donors (Lipinski definition) is 1. The second-order valence-electron chi connectivity index (χ2n) is 6.30. The molecule has 0 saturated carbocycles. The van der Waals surface area contributed by atoms with Crippen LogP contribution in [0.2, 0.25) is 0 Å². The Morgan fingerprint density at radius 1 is 1.12 bits per heavy atom. The zero-order valence-corrected chi connectivity index (χ0v) is 15.8. The molecule has 0 aliphatic carbocycles. The summed E-state index contributed by atoms with van der Waals surface area (Å²) in [5, 5.41) is 2.66. The lowest BCUT2D eigenvalue weighted by atomic mass is 10.1. The van der Waals surface area contributed by atoms with E-state index >= 15 is 0 Å². The van der Waals surface area contributed by atoms with E-state index in [1.165, 1.54) is 31.8 Å². The molecule has 4 nitrogen and oxygen atoms in total. The quantitative estimate of drug-likeness (QED) is 0.265. The Kier molecular flexibility index (Phi) is 11.6. The summed E-state index contributed by atoms with van der Waals surface area (Å²) >= 11 is 0. The van der Waals surface area contributed by atoms with Gasteiger partial charge in [-0.05, 0) is 30.7 Å². The van der Waals surface area contributed by atoms with E-state index in [-0.39, 0.29) is 5.78 Å². The minimum Gasteiger partial charge on any atom is -0.441 e. The van der Waals surface area contributed by atoms with Crippen molar-refractivity contribution in [1.82, 2.24) is 0 Å². The molecule has 1 unspecified atom stereocenters. The first-order valence-corrected chi connectivity index (χ1v) is 9.50. The van der Waals surface area contributed by atoms with Crippen LogP contribution in [-0.2, 0) is 9.53 Å². The van der Waals surface area contributed by atoms with E-state index in [0.717, 1.165) is 12.8 Å².